The van der Waals surface area contributed by atoms with E-state index in [2.05, 4.69) is 21.3 Å². The molecule has 0 saturated carbocycles. The first-order valence-electron chi connectivity index (χ1n) is 5.15. The molecule has 1 aliphatic rings. The van der Waals surface area contributed by atoms with E-state index in [1.807, 2.05) is 18.2 Å². The molecule has 1 aliphatic heterocycles. The molecule has 0 atom stereocenters. The van der Waals surface area contributed by atoms with E-state index in [4.69, 9.17) is 0 Å². The number of likely N-dealkylation sites (tertiary alicyclic amines) is 1. The quantitative estimate of drug-likeness (QED) is 0.712. The topological polar surface area (TPSA) is 29.0 Å². The Balaban J connectivity index is 1.93. The van der Waals surface area contributed by atoms with Crippen molar-refractivity contribution in [2.75, 3.05) is 13.1 Å². The Morgan fingerprint density at radius 3 is 2.79 bits per heavy atom. The molecule has 0 N–H and O–H groups in total. The molecule has 1 fully saturated rings. The molecule has 1 aromatic rings. The predicted octanol–water partition coefficient (Wildman–Crippen LogP) is 1.93. The summed E-state index contributed by atoms with van der Waals surface area (Å²) in [6.07, 6.45) is 9.84. The van der Waals surface area contributed by atoms with Crippen LogP contribution in [0.5, 0.6) is 0 Å². The maximum Gasteiger partial charge on any atom is 0.0871 e. The van der Waals surface area contributed by atoms with Crippen molar-refractivity contribution in [2.24, 2.45) is 0 Å². The standard InChI is InChI=1S/C11H15N3/c1-2-8-14(9-3-1)10-6-11-5-4-7-12-13-11/h4-7,10H,1-3,8-9H2/b10-6+. The second-order valence-corrected chi connectivity index (χ2v) is 3.56. The van der Waals surface area contributed by atoms with Crippen molar-refractivity contribution in [1.29, 1.82) is 0 Å². The highest BCUT2D eigenvalue weighted by Gasteiger charge is 2.04. The summed E-state index contributed by atoms with van der Waals surface area (Å²) in [7, 11) is 0. The van der Waals surface area contributed by atoms with E-state index in [0.717, 1.165) is 5.69 Å². The highest BCUT2D eigenvalue weighted by molar-refractivity contribution is 5.42. The van der Waals surface area contributed by atoms with Gasteiger partial charge in [-0.15, -0.1) is 0 Å². The highest BCUT2D eigenvalue weighted by Crippen LogP contribution is 2.09. The van der Waals surface area contributed by atoms with Crippen molar-refractivity contribution in [3.05, 3.63) is 30.2 Å². The van der Waals surface area contributed by atoms with Gasteiger partial charge in [0.25, 0.3) is 0 Å². The van der Waals surface area contributed by atoms with Crippen LogP contribution in [-0.2, 0) is 0 Å². The second-order valence-electron chi connectivity index (χ2n) is 3.56. The molecule has 0 unspecified atom stereocenters. The van der Waals surface area contributed by atoms with Crippen molar-refractivity contribution in [3.63, 3.8) is 0 Å². The molecule has 1 aromatic heterocycles. The Hall–Kier alpha value is -1.38. The summed E-state index contributed by atoms with van der Waals surface area (Å²) in [5.74, 6) is 0. The fourth-order valence-corrected chi connectivity index (χ4v) is 1.65. The minimum absolute atomic E-state index is 0.929. The average molecular weight is 189 g/mol. The van der Waals surface area contributed by atoms with Crippen LogP contribution in [0.1, 0.15) is 25.0 Å². The lowest BCUT2D eigenvalue weighted by molar-refractivity contribution is 0.311. The van der Waals surface area contributed by atoms with Crippen molar-refractivity contribution in [3.8, 4) is 0 Å². The van der Waals surface area contributed by atoms with Crippen LogP contribution in [0.3, 0.4) is 0 Å². The minimum atomic E-state index is 0.929. The van der Waals surface area contributed by atoms with E-state index < -0.39 is 0 Å². The average Bonchev–Trinajstić information content (AvgIpc) is 2.29. The van der Waals surface area contributed by atoms with Crippen molar-refractivity contribution in [2.45, 2.75) is 19.3 Å². The number of rotatable bonds is 2. The summed E-state index contributed by atoms with van der Waals surface area (Å²) in [5, 5.41) is 7.83. The van der Waals surface area contributed by atoms with E-state index in [1.54, 1.807) is 6.20 Å². The lowest BCUT2D eigenvalue weighted by Crippen LogP contribution is -2.23. The normalized spacial score (nSPS) is 17.6. The van der Waals surface area contributed by atoms with Gasteiger partial charge in [0.2, 0.25) is 0 Å². The lowest BCUT2D eigenvalue weighted by Gasteiger charge is -2.24. The fourth-order valence-electron chi connectivity index (χ4n) is 1.65. The molecule has 3 nitrogen and oxygen atoms in total. The van der Waals surface area contributed by atoms with Crippen LogP contribution in [0.2, 0.25) is 0 Å². The third-order valence-electron chi connectivity index (χ3n) is 2.44. The van der Waals surface area contributed by atoms with Crippen molar-refractivity contribution >= 4 is 6.08 Å². The molecule has 0 aliphatic carbocycles. The Labute approximate surface area is 84.5 Å². The van der Waals surface area contributed by atoms with E-state index in [9.17, 15) is 0 Å². The van der Waals surface area contributed by atoms with Gasteiger partial charge in [0.15, 0.2) is 0 Å². The van der Waals surface area contributed by atoms with Gasteiger partial charge in [0.1, 0.15) is 0 Å². The van der Waals surface area contributed by atoms with Crippen LogP contribution in [-0.4, -0.2) is 28.2 Å². The molecule has 0 bridgehead atoms. The van der Waals surface area contributed by atoms with Gasteiger partial charge in [-0.3, -0.25) is 0 Å². The number of aromatic nitrogens is 2. The van der Waals surface area contributed by atoms with E-state index in [1.165, 1.54) is 32.4 Å². The van der Waals surface area contributed by atoms with Gasteiger partial charge >= 0.3 is 0 Å². The van der Waals surface area contributed by atoms with E-state index in [-0.39, 0.29) is 0 Å². The van der Waals surface area contributed by atoms with Gasteiger partial charge in [-0.2, -0.15) is 10.2 Å². The molecule has 0 aromatic carbocycles. The molecule has 74 valence electrons. The third-order valence-corrected chi connectivity index (χ3v) is 2.44. The van der Waals surface area contributed by atoms with Crippen molar-refractivity contribution in [1.82, 2.24) is 15.1 Å². The molecule has 1 saturated heterocycles. The maximum absolute atomic E-state index is 4.00. The minimum Gasteiger partial charge on any atom is -0.377 e. The second kappa shape index (κ2) is 4.74. The third kappa shape index (κ3) is 2.55. The van der Waals surface area contributed by atoms with Crippen LogP contribution in [0.4, 0.5) is 0 Å². The van der Waals surface area contributed by atoms with Gasteiger partial charge in [0.05, 0.1) is 5.69 Å². The highest BCUT2D eigenvalue weighted by atomic mass is 15.1. The fraction of sp³-hybridized carbons (Fsp3) is 0.455. The molecule has 0 spiro atoms. The maximum atomic E-state index is 4.00. The van der Waals surface area contributed by atoms with E-state index >= 15 is 0 Å². The van der Waals surface area contributed by atoms with Crippen LogP contribution < -0.4 is 0 Å². The molecule has 0 amide bonds. The van der Waals surface area contributed by atoms with Gasteiger partial charge in [0, 0.05) is 25.5 Å². The van der Waals surface area contributed by atoms with Gasteiger partial charge in [-0.25, -0.2) is 0 Å². The molecule has 2 heterocycles. The van der Waals surface area contributed by atoms with Crippen LogP contribution >= 0.6 is 0 Å². The van der Waals surface area contributed by atoms with Crippen molar-refractivity contribution < 1.29 is 0 Å². The Kier molecular flexibility index (Phi) is 3.11. The summed E-state index contributed by atoms with van der Waals surface area (Å²) in [4.78, 5) is 2.35. The summed E-state index contributed by atoms with van der Waals surface area (Å²) in [6, 6.07) is 3.87. The first kappa shape index (κ1) is 9.19. The predicted molar refractivity (Wildman–Crippen MR) is 56.5 cm³/mol. The summed E-state index contributed by atoms with van der Waals surface area (Å²) >= 11 is 0. The molecule has 0 radical (unpaired) electrons. The number of piperidine rings is 1. The monoisotopic (exact) mass is 189 g/mol. The largest absolute Gasteiger partial charge is 0.377 e. The zero-order chi connectivity index (χ0) is 9.64. The SMILES string of the molecule is C(=C\N1CCCCC1)/c1cccnn1. The summed E-state index contributed by atoms with van der Waals surface area (Å²) in [6.45, 7) is 2.35. The number of nitrogens with zero attached hydrogens (tertiary/aromatic N) is 3. The number of hydrogen-bond donors (Lipinski definition) is 0. The molecule has 2 rings (SSSR count). The van der Waals surface area contributed by atoms with Gasteiger partial charge in [-0.1, -0.05) is 0 Å². The molecular formula is C11H15N3. The van der Waals surface area contributed by atoms with Gasteiger partial charge < -0.3 is 4.90 Å². The Morgan fingerprint density at radius 1 is 1.21 bits per heavy atom. The number of hydrogen-bond acceptors (Lipinski definition) is 3. The smallest absolute Gasteiger partial charge is 0.0871 e. The Morgan fingerprint density at radius 2 is 2.07 bits per heavy atom. The molecule has 14 heavy (non-hydrogen) atoms. The molecule has 3 heteroatoms. The summed E-state index contributed by atoms with van der Waals surface area (Å²) in [5.41, 5.74) is 0.929. The lowest BCUT2D eigenvalue weighted by atomic mass is 10.1. The summed E-state index contributed by atoms with van der Waals surface area (Å²) < 4.78 is 0. The molecular weight excluding hydrogens is 174 g/mol. The zero-order valence-corrected chi connectivity index (χ0v) is 8.26. The van der Waals surface area contributed by atoms with Gasteiger partial charge in [-0.05, 0) is 37.5 Å². The van der Waals surface area contributed by atoms with E-state index in [0.29, 0.717) is 0 Å². The Bertz CT molecular complexity index is 289. The van der Waals surface area contributed by atoms with Crippen LogP contribution in [0.15, 0.2) is 24.5 Å². The first-order valence-corrected chi connectivity index (χ1v) is 5.15. The first-order chi connectivity index (χ1) is 6.95. The zero-order valence-electron chi connectivity index (χ0n) is 8.26. The van der Waals surface area contributed by atoms with Crippen LogP contribution in [0, 0.1) is 0 Å². The van der Waals surface area contributed by atoms with Crippen LogP contribution in [0.25, 0.3) is 6.08 Å².